The maximum absolute atomic E-state index is 13.6. The molecule has 0 fully saturated rings. The molecule has 1 unspecified atom stereocenters. The lowest BCUT2D eigenvalue weighted by Gasteiger charge is -2.19. The number of methoxy groups -OCH3 is 1. The van der Waals surface area contributed by atoms with E-state index in [4.69, 9.17) is 0 Å². The number of nitrogens with zero attached hydrogens (tertiary/aromatic N) is 2. The van der Waals surface area contributed by atoms with Crippen LogP contribution in [0.15, 0.2) is 58.8 Å². The highest BCUT2D eigenvalue weighted by atomic mass is 32.2. The highest BCUT2D eigenvalue weighted by molar-refractivity contribution is 7.92. The summed E-state index contributed by atoms with van der Waals surface area (Å²) in [4.78, 5) is 23.0. The van der Waals surface area contributed by atoms with Gasteiger partial charge in [-0.3, -0.25) is 10.1 Å². The van der Waals surface area contributed by atoms with Crippen molar-refractivity contribution in [3.63, 3.8) is 0 Å². The minimum Gasteiger partial charge on any atom is -0.465 e. The molecule has 31 heavy (non-hydrogen) atoms. The molecule has 10 heteroatoms. The highest BCUT2D eigenvalue weighted by Crippen LogP contribution is 2.42. The Kier molecular flexibility index (Phi) is 6.19. The zero-order valence-electron chi connectivity index (χ0n) is 16.4. The molecule has 8 nitrogen and oxygen atoms in total. The number of hydrogen-bond donors (Lipinski definition) is 0. The van der Waals surface area contributed by atoms with Crippen molar-refractivity contribution in [2.45, 2.75) is 17.1 Å². The maximum atomic E-state index is 13.6. The average molecular weight is 457 g/mol. The predicted octanol–water partition coefficient (Wildman–Crippen LogP) is 4.19. The van der Waals surface area contributed by atoms with E-state index in [0.29, 0.717) is 0 Å². The number of carbonyl (C=O) groups is 1. The third-order valence-corrected chi connectivity index (χ3v) is 7.56. The van der Waals surface area contributed by atoms with Crippen LogP contribution in [0.2, 0.25) is 0 Å². The summed E-state index contributed by atoms with van der Waals surface area (Å²) >= 11 is 1.04. The second-order valence-corrected chi connectivity index (χ2v) is 9.53. The molecule has 0 bridgehead atoms. The molecule has 1 aromatic heterocycles. The molecule has 0 spiro atoms. The number of ether oxygens (including phenoxy) is 1. The van der Waals surface area contributed by atoms with Crippen LogP contribution in [-0.4, -0.2) is 26.4 Å². The molecule has 0 N–H and O–H groups in total. The van der Waals surface area contributed by atoms with E-state index in [9.17, 15) is 28.6 Å². The lowest BCUT2D eigenvalue weighted by molar-refractivity contribution is -0.385. The number of rotatable bonds is 6. The van der Waals surface area contributed by atoms with Gasteiger partial charge in [0.15, 0.2) is 9.84 Å². The third-order valence-electron chi connectivity index (χ3n) is 4.67. The second kappa shape index (κ2) is 8.67. The number of sulfone groups is 1. The SMILES string of the molecule is COC(=O)c1ccc(C(c2ccsc2C#N)S(=O)(=O)c2ccc(C)cc2)c([N+](=O)[O-])c1. The molecule has 3 rings (SSSR count). The number of nitriles is 1. The molecule has 0 aliphatic carbocycles. The molecule has 0 aliphatic heterocycles. The van der Waals surface area contributed by atoms with E-state index in [2.05, 4.69) is 4.74 Å². The van der Waals surface area contributed by atoms with Crippen LogP contribution in [0.5, 0.6) is 0 Å². The van der Waals surface area contributed by atoms with Gasteiger partial charge in [0.05, 0.1) is 28.1 Å². The van der Waals surface area contributed by atoms with Gasteiger partial charge in [0, 0.05) is 11.6 Å². The van der Waals surface area contributed by atoms with Crippen molar-refractivity contribution < 1.29 is 22.9 Å². The van der Waals surface area contributed by atoms with Crippen molar-refractivity contribution in [1.29, 1.82) is 5.26 Å². The van der Waals surface area contributed by atoms with E-state index in [1.165, 1.54) is 30.3 Å². The number of benzene rings is 2. The fraction of sp³-hybridized carbons (Fsp3) is 0.143. The van der Waals surface area contributed by atoms with Crippen LogP contribution in [-0.2, 0) is 14.6 Å². The predicted molar refractivity (Wildman–Crippen MR) is 114 cm³/mol. The van der Waals surface area contributed by atoms with E-state index in [-0.39, 0.29) is 26.5 Å². The number of aryl methyl sites for hydroxylation is 1. The van der Waals surface area contributed by atoms with Gasteiger partial charge in [-0.1, -0.05) is 17.7 Å². The van der Waals surface area contributed by atoms with Gasteiger partial charge in [0.1, 0.15) is 16.2 Å². The molecule has 0 saturated carbocycles. The van der Waals surface area contributed by atoms with Crippen molar-refractivity contribution in [2.75, 3.05) is 7.11 Å². The number of nitro groups is 1. The summed E-state index contributed by atoms with van der Waals surface area (Å²) in [6.07, 6.45) is 0. The lowest BCUT2D eigenvalue weighted by Crippen LogP contribution is -2.17. The molecular weight excluding hydrogens is 440 g/mol. The van der Waals surface area contributed by atoms with Crippen LogP contribution in [0, 0.1) is 28.4 Å². The summed E-state index contributed by atoms with van der Waals surface area (Å²) in [5.74, 6) is -0.791. The molecule has 3 aromatic rings. The van der Waals surface area contributed by atoms with E-state index in [0.717, 1.165) is 30.1 Å². The summed E-state index contributed by atoms with van der Waals surface area (Å²) < 4.78 is 31.9. The molecule has 158 valence electrons. The van der Waals surface area contributed by atoms with Gasteiger partial charge in [-0.2, -0.15) is 5.26 Å². The van der Waals surface area contributed by atoms with Gasteiger partial charge >= 0.3 is 5.97 Å². The van der Waals surface area contributed by atoms with Crippen molar-refractivity contribution in [3.05, 3.63) is 91.2 Å². The smallest absolute Gasteiger partial charge is 0.338 e. The monoisotopic (exact) mass is 456 g/mol. The molecule has 0 aliphatic rings. The summed E-state index contributed by atoms with van der Waals surface area (Å²) in [5.41, 5.74) is 0.196. The number of thiophene rings is 1. The van der Waals surface area contributed by atoms with Crippen LogP contribution in [0.25, 0.3) is 0 Å². The zero-order chi connectivity index (χ0) is 22.8. The minimum atomic E-state index is -4.19. The Hall–Kier alpha value is -3.55. The topological polar surface area (TPSA) is 127 Å². The van der Waals surface area contributed by atoms with Gasteiger partial charge in [0.25, 0.3) is 5.69 Å². The first-order valence-electron chi connectivity index (χ1n) is 8.85. The Morgan fingerprint density at radius 1 is 1.16 bits per heavy atom. The molecule has 0 amide bonds. The van der Waals surface area contributed by atoms with Crippen molar-refractivity contribution in [2.24, 2.45) is 0 Å². The number of carbonyl (C=O) groups excluding carboxylic acids is 1. The Bertz CT molecular complexity index is 1300. The van der Waals surface area contributed by atoms with Crippen LogP contribution in [0.3, 0.4) is 0 Å². The van der Waals surface area contributed by atoms with E-state index in [1.807, 2.05) is 6.07 Å². The summed E-state index contributed by atoms with van der Waals surface area (Å²) in [5, 5.41) is 21.3. The maximum Gasteiger partial charge on any atom is 0.338 e. The Morgan fingerprint density at radius 3 is 2.42 bits per heavy atom. The average Bonchev–Trinajstić information content (AvgIpc) is 3.21. The molecule has 0 saturated heterocycles. The molecule has 2 aromatic carbocycles. The summed E-state index contributed by atoms with van der Waals surface area (Å²) in [6.45, 7) is 1.80. The first-order chi connectivity index (χ1) is 14.7. The highest BCUT2D eigenvalue weighted by Gasteiger charge is 2.38. The van der Waals surface area contributed by atoms with Gasteiger partial charge in [-0.25, -0.2) is 13.2 Å². The third kappa shape index (κ3) is 4.19. The molecule has 1 atom stereocenters. The first kappa shape index (κ1) is 22.1. The van der Waals surface area contributed by atoms with E-state index in [1.54, 1.807) is 24.4 Å². The summed E-state index contributed by atoms with van der Waals surface area (Å²) in [7, 11) is -3.05. The van der Waals surface area contributed by atoms with Crippen LogP contribution in [0.1, 0.15) is 37.2 Å². The quantitative estimate of drug-likeness (QED) is 0.309. The van der Waals surface area contributed by atoms with Crippen LogP contribution in [0.4, 0.5) is 5.69 Å². The van der Waals surface area contributed by atoms with Crippen molar-refractivity contribution in [1.82, 2.24) is 0 Å². The van der Waals surface area contributed by atoms with Crippen molar-refractivity contribution >= 4 is 32.8 Å². The van der Waals surface area contributed by atoms with Crippen molar-refractivity contribution in [3.8, 4) is 6.07 Å². The second-order valence-electron chi connectivity index (χ2n) is 6.58. The van der Waals surface area contributed by atoms with E-state index >= 15 is 0 Å². The van der Waals surface area contributed by atoms with Crippen LogP contribution < -0.4 is 0 Å². The lowest BCUT2D eigenvalue weighted by atomic mass is 10.0. The number of esters is 1. The first-order valence-corrected chi connectivity index (χ1v) is 11.3. The van der Waals surface area contributed by atoms with Gasteiger partial charge < -0.3 is 4.74 Å². The van der Waals surface area contributed by atoms with Gasteiger partial charge in [-0.15, -0.1) is 11.3 Å². The zero-order valence-corrected chi connectivity index (χ0v) is 18.1. The standard InChI is InChI=1S/C21H16N2O6S2/c1-13-3-6-15(7-4-13)31(27,28)20(17-9-10-30-19(17)12-22)16-8-5-14(21(24)29-2)11-18(16)23(25)26/h3-11,20H,1-2H3. The molecular formula is C21H16N2O6S2. The molecule has 0 radical (unpaired) electrons. The summed E-state index contributed by atoms with van der Waals surface area (Å²) in [6, 6.07) is 13.0. The largest absolute Gasteiger partial charge is 0.465 e. The Labute approximate surface area is 182 Å². The normalized spacial score (nSPS) is 12.0. The minimum absolute atomic E-state index is 0.0375. The molecule has 1 heterocycles. The fourth-order valence-corrected chi connectivity index (χ4v) is 5.80. The fourth-order valence-electron chi connectivity index (χ4n) is 3.15. The van der Waals surface area contributed by atoms with Gasteiger partial charge in [-0.05, 0) is 42.6 Å². The van der Waals surface area contributed by atoms with Gasteiger partial charge in [0.2, 0.25) is 0 Å². The van der Waals surface area contributed by atoms with E-state index < -0.39 is 31.7 Å². The Balaban J connectivity index is 2.33. The Morgan fingerprint density at radius 2 is 1.84 bits per heavy atom. The van der Waals surface area contributed by atoms with Crippen LogP contribution >= 0.6 is 11.3 Å². The number of hydrogen-bond acceptors (Lipinski definition) is 8. The number of nitro benzene ring substituents is 1.